The van der Waals surface area contributed by atoms with Gasteiger partial charge in [0.1, 0.15) is 11.8 Å². The van der Waals surface area contributed by atoms with E-state index in [1.807, 2.05) is 6.07 Å². The quantitative estimate of drug-likeness (QED) is 0.762. The smallest absolute Gasteiger partial charge is 0.391 e. The summed E-state index contributed by atoms with van der Waals surface area (Å²) in [6.45, 7) is 2.93. The topological polar surface area (TPSA) is 86.0 Å². The zero-order chi connectivity index (χ0) is 20.0. The number of aromatic nitrogens is 1. The lowest BCUT2D eigenvalue weighted by molar-refractivity contribution is -0.183. The highest BCUT2D eigenvalue weighted by molar-refractivity contribution is 6.03. The summed E-state index contributed by atoms with van der Waals surface area (Å²) in [6, 6.07) is 3.49. The first-order chi connectivity index (χ1) is 12.7. The molecule has 0 saturated heterocycles. The molecule has 1 aromatic rings. The minimum absolute atomic E-state index is 0.00237. The number of aliphatic hydroxyl groups is 1. The molecule has 27 heavy (non-hydrogen) atoms. The van der Waals surface area contributed by atoms with Gasteiger partial charge in [0.25, 0.3) is 5.91 Å². The summed E-state index contributed by atoms with van der Waals surface area (Å²) in [4.78, 5) is 15.7. The van der Waals surface area contributed by atoms with E-state index in [1.165, 1.54) is 6.20 Å². The van der Waals surface area contributed by atoms with Gasteiger partial charge in [-0.1, -0.05) is 18.7 Å². The van der Waals surface area contributed by atoms with E-state index >= 15 is 0 Å². The van der Waals surface area contributed by atoms with Gasteiger partial charge in [-0.15, -0.1) is 0 Å². The summed E-state index contributed by atoms with van der Waals surface area (Å²) in [5, 5.41) is 20.6. The molecule has 0 atom stereocenters. The molecule has 1 saturated carbocycles. The lowest BCUT2D eigenvalue weighted by Crippen LogP contribution is -2.27. The molecule has 0 bridgehead atoms. The Labute approximate surface area is 155 Å². The van der Waals surface area contributed by atoms with Crippen molar-refractivity contribution >= 4 is 17.7 Å². The largest absolute Gasteiger partial charge is 0.391 e. The molecule has 2 N–H and O–H groups in total. The molecule has 1 aromatic heterocycles. The monoisotopic (exact) mass is 379 g/mol. The molecule has 1 fully saturated rings. The number of hydrogen-bond donors (Lipinski definition) is 2. The number of alkyl halides is 3. The van der Waals surface area contributed by atoms with E-state index in [0.717, 1.165) is 0 Å². The Morgan fingerprint density at radius 2 is 2.07 bits per heavy atom. The summed E-state index contributed by atoms with van der Waals surface area (Å²) in [5.41, 5.74) is 0.920. The van der Waals surface area contributed by atoms with E-state index in [2.05, 4.69) is 16.9 Å². The van der Waals surface area contributed by atoms with Crippen molar-refractivity contribution in [3.63, 3.8) is 0 Å². The molecule has 0 aliphatic heterocycles. The number of hydrogen-bond acceptors (Lipinski definition) is 4. The lowest BCUT2D eigenvalue weighted by atomic mass is 9.81. The molecule has 1 aliphatic carbocycles. The summed E-state index contributed by atoms with van der Waals surface area (Å²) in [7, 11) is 0. The van der Waals surface area contributed by atoms with Crippen LogP contribution in [0.3, 0.4) is 0 Å². The first kappa shape index (κ1) is 20.6. The maximum absolute atomic E-state index is 12.7. The normalized spacial score (nSPS) is 20.3. The van der Waals surface area contributed by atoms with Crippen molar-refractivity contribution in [1.82, 2.24) is 4.98 Å². The molecule has 0 unspecified atom stereocenters. The van der Waals surface area contributed by atoms with Gasteiger partial charge >= 0.3 is 6.18 Å². The van der Waals surface area contributed by atoms with Crippen LogP contribution in [0.25, 0.3) is 6.08 Å². The molecule has 0 spiro atoms. The zero-order valence-electron chi connectivity index (χ0n) is 14.6. The number of anilines is 1. The average molecular weight is 379 g/mol. The van der Waals surface area contributed by atoms with E-state index in [9.17, 15) is 23.2 Å². The number of nitriles is 1. The SMILES string of the molecule is C=C(CO)C(=O)Nc1cnc(C#N)c(C=CC2CCC(C(F)(F)F)CC2)c1. The van der Waals surface area contributed by atoms with Gasteiger partial charge in [0.05, 0.1) is 24.4 Å². The van der Waals surface area contributed by atoms with Gasteiger partial charge < -0.3 is 10.4 Å². The second kappa shape index (κ2) is 8.82. The van der Waals surface area contributed by atoms with Crippen LogP contribution in [0.4, 0.5) is 18.9 Å². The number of carbonyl (C=O) groups is 1. The third kappa shape index (κ3) is 5.66. The first-order valence-electron chi connectivity index (χ1n) is 8.49. The molecule has 2 rings (SSSR count). The highest BCUT2D eigenvalue weighted by Gasteiger charge is 2.40. The van der Waals surface area contributed by atoms with Crippen LogP contribution in [-0.4, -0.2) is 28.8 Å². The lowest BCUT2D eigenvalue weighted by Gasteiger charge is -2.28. The van der Waals surface area contributed by atoms with Crippen LogP contribution in [0.15, 0.2) is 30.5 Å². The zero-order valence-corrected chi connectivity index (χ0v) is 14.6. The minimum Gasteiger partial charge on any atom is -0.391 e. The molecular formula is C19H20F3N3O2. The molecule has 5 nitrogen and oxygen atoms in total. The van der Waals surface area contributed by atoms with Crippen molar-refractivity contribution in [2.24, 2.45) is 11.8 Å². The van der Waals surface area contributed by atoms with Gasteiger partial charge in [-0.25, -0.2) is 4.98 Å². The van der Waals surface area contributed by atoms with Crippen LogP contribution in [0.2, 0.25) is 0 Å². The van der Waals surface area contributed by atoms with Crippen LogP contribution in [0.1, 0.15) is 36.9 Å². The number of nitrogens with one attached hydrogen (secondary N) is 1. The fourth-order valence-corrected chi connectivity index (χ4v) is 2.94. The van der Waals surface area contributed by atoms with E-state index in [4.69, 9.17) is 5.11 Å². The number of rotatable bonds is 5. The van der Waals surface area contributed by atoms with Gasteiger partial charge in [0.15, 0.2) is 0 Å². The predicted octanol–water partition coefficient (Wildman–Crippen LogP) is 3.82. The molecule has 0 radical (unpaired) electrons. The fourth-order valence-electron chi connectivity index (χ4n) is 2.94. The van der Waals surface area contributed by atoms with Crippen LogP contribution in [0, 0.1) is 23.2 Å². The van der Waals surface area contributed by atoms with Crippen molar-refractivity contribution in [2.75, 3.05) is 11.9 Å². The maximum Gasteiger partial charge on any atom is 0.391 e. The van der Waals surface area contributed by atoms with Gasteiger partial charge in [0.2, 0.25) is 0 Å². The second-order valence-corrected chi connectivity index (χ2v) is 6.50. The van der Waals surface area contributed by atoms with Gasteiger partial charge in [-0.05, 0) is 37.7 Å². The highest BCUT2D eigenvalue weighted by atomic mass is 19.4. The molecule has 1 amide bonds. The number of nitrogens with zero attached hydrogens (tertiary/aromatic N) is 2. The van der Waals surface area contributed by atoms with Crippen LogP contribution < -0.4 is 5.32 Å². The standard InChI is InChI=1S/C19H20F3N3O2/c1-12(11-26)18(27)25-16-8-14(17(9-23)24-10-16)5-2-13-3-6-15(7-4-13)19(20,21)22/h2,5,8,10,13,15,26H,1,3-4,6-7,11H2,(H,25,27). The van der Waals surface area contributed by atoms with Crippen molar-refractivity contribution < 1.29 is 23.1 Å². The molecular weight excluding hydrogens is 359 g/mol. The fraction of sp³-hybridized carbons (Fsp3) is 0.421. The molecule has 144 valence electrons. The number of pyridine rings is 1. The first-order valence-corrected chi connectivity index (χ1v) is 8.49. The summed E-state index contributed by atoms with van der Waals surface area (Å²) >= 11 is 0. The predicted molar refractivity (Wildman–Crippen MR) is 94.3 cm³/mol. The summed E-state index contributed by atoms with van der Waals surface area (Å²) in [5.74, 6) is -1.80. The number of allylic oxidation sites excluding steroid dienone is 1. The minimum atomic E-state index is -4.14. The molecule has 8 heteroatoms. The van der Waals surface area contributed by atoms with Crippen LogP contribution >= 0.6 is 0 Å². The third-order valence-electron chi connectivity index (χ3n) is 4.58. The number of halogens is 3. The van der Waals surface area contributed by atoms with Gasteiger partial charge in [-0.3, -0.25) is 4.79 Å². The van der Waals surface area contributed by atoms with E-state index in [0.29, 0.717) is 24.1 Å². The van der Waals surface area contributed by atoms with Gasteiger partial charge in [-0.2, -0.15) is 18.4 Å². The van der Waals surface area contributed by atoms with Crippen molar-refractivity contribution in [2.45, 2.75) is 31.9 Å². The Kier molecular flexibility index (Phi) is 6.75. The van der Waals surface area contributed by atoms with Crippen molar-refractivity contribution in [3.05, 3.63) is 41.7 Å². The van der Waals surface area contributed by atoms with Crippen molar-refractivity contribution in [1.29, 1.82) is 5.26 Å². The molecule has 1 heterocycles. The van der Waals surface area contributed by atoms with Crippen LogP contribution in [0.5, 0.6) is 0 Å². The average Bonchev–Trinajstić information content (AvgIpc) is 2.65. The number of amides is 1. The van der Waals surface area contributed by atoms with E-state index < -0.39 is 24.6 Å². The van der Waals surface area contributed by atoms with Gasteiger partial charge in [0, 0.05) is 11.1 Å². The van der Waals surface area contributed by atoms with Crippen LogP contribution in [-0.2, 0) is 4.79 Å². The third-order valence-corrected chi connectivity index (χ3v) is 4.58. The summed E-state index contributed by atoms with van der Waals surface area (Å²) in [6.07, 6.45) is 1.68. The Morgan fingerprint density at radius 1 is 1.41 bits per heavy atom. The Bertz CT molecular complexity index is 773. The Balaban J connectivity index is 2.08. The second-order valence-electron chi connectivity index (χ2n) is 6.50. The van der Waals surface area contributed by atoms with Crippen molar-refractivity contribution in [3.8, 4) is 6.07 Å². The number of carbonyl (C=O) groups excluding carboxylic acids is 1. The summed E-state index contributed by atoms with van der Waals surface area (Å²) < 4.78 is 38.2. The maximum atomic E-state index is 12.7. The molecule has 1 aliphatic rings. The van der Waals surface area contributed by atoms with E-state index in [1.54, 1.807) is 18.2 Å². The molecule has 0 aromatic carbocycles. The number of aliphatic hydroxyl groups excluding tert-OH is 1. The van der Waals surface area contributed by atoms with E-state index in [-0.39, 0.29) is 30.0 Å². The Morgan fingerprint density at radius 3 is 2.63 bits per heavy atom. The Hall–Kier alpha value is -2.66. The highest BCUT2D eigenvalue weighted by Crippen LogP contribution is 2.40.